The third-order valence-electron chi connectivity index (χ3n) is 7.86. The second-order valence-electron chi connectivity index (χ2n) is 10.1. The van der Waals surface area contributed by atoms with Gasteiger partial charge in [0.1, 0.15) is 0 Å². The van der Waals surface area contributed by atoms with Crippen molar-refractivity contribution in [2.45, 2.75) is 64.1 Å². The summed E-state index contributed by atoms with van der Waals surface area (Å²) < 4.78 is 0. The minimum atomic E-state index is -0.412. The van der Waals surface area contributed by atoms with Crippen molar-refractivity contribution in [2.24, 2.45) is 17.3 Å². The number of nitrogens with zero attached hydrogens (tertiary/aromatic N) is 1. The molecule has 0 radical (unpaired) electrons. The molecule has 0 saturated heterocycles. The van der Waals surface area contributed by atoms with Gasteiger partial charge in [0.15, 0.2) is 0 Å². The van der Waals surface area contributed by atoms with Crippen molar-refractivity contribution in [1.29, 1.82) is 0 Å². The molecule has 5 rings (SSSR count). The van der Waals surface area contributed by atoms with Crippen molar-refractivity contribution in [2.75, 3.05) is 14.1 Å². The van der Waals surface area contributed by atoms with Crippen LogP contribution in [0.2, 0.25) is 0 Å². The Hall–Kier alpha value is -2.01. The zero-order valence-electron chi connectivity index (χ0n) is 19.7. The average Bonchev–Trinajstić information content (AvgIpc) is 2.97. The zero-order valence-corrected chi connectivity index (χ0v) is 19.7. The topological polar surface area (TPSA) is 65.4 Å². The first-order valence-corrected chi connectivity index (χ1v) is 12.1. The number of aliphatic hydroxyl groups is 2. The van der Waals surface area contributed by atoms with Crippen molar-refractivity contribution < 1.29 is 10.2 Å². The number of nitrogens with one attached hydrogen (secondary N) is 1. The summed E-state index contributed by atoms with van der Waals surface area (Å²) in [5.74, 6) is 1.07. The molecule has 5 atom stereocenters. The number of hydrogen-bond acceptors (Lipinski definition) is 4. The number of pyridine rings is 1. The van der Waals surface area contributed by atoms with Crippen molar-refractivity contribution in [3.05, 3.63) is 70.6 Å². The molecule has 4 aliphatic rings. The van der Waals surface area contributed by atoms with Crippen LogP contribution in [0.25, 0.3) is 6.08 Å². The van der Waals surface area contributed by atoms with Gasteiger partial charge >= 0.3 is 0 Å². The van der Waals surface area contributed by atoms with E-state index >= 15 is 0 Å². The molecule has 172 valence electrons. The number of rotatable bonds is 2. The van der Waals surface area contributed by atoms with E-state index in [9.17, 15) is 10.2 Å². The van der Waals surface area contributed by atoms with Gasteiger partial charge < -0.3 is 15.5 Å². The minimum Gasteiger partial charge on any atom is -0.393 e. The van der Waals surface area contributed by atoms with Gasteiger partial charge in [-0.25, -0.2) is 0 Å². The quantitative estimate of drug-likeness (QED) is 0.624. The Kier molecular flexibility index (Phi) is 7.14. The number of aromatic nitrogens is 1. The van der Waals surface area contributed by atoms with Crippen LogP contribution in [0.1, 0.15) is 57.4 Å². The van der Waals surface area contributed by atoms with Gasteiger partial charge in [-0.05, 0) is 93.7 Å². The Labute approximate surface area is 192 Å². The predicted molar refractivity (Wildman–Crippen MR) is 131 cm³/mol. The molecule has 0 bridgehead atoms. The van der Waals surface area contributed by atoms with Crippen LogP contribution in [0.15, 0.2) is 65.0 Å². The van der Waals surface area contributed by atoms with Crippen molar-refractivity contribution in [3.8, 4) is 0 Å². The Morgan fingerprint density at radius 3 is 2.72 bits per heavy atom. The molecule has 0 aromatic carbocycles. The summed E-state index contributed by atoms with van der Waals surface area (Å²) in [7, 11) is 3.75. The van der Waals surface area contributed by atoms with E-state index in [0.29, 0.717) is 11.8 Å². The second-order valence-corrected chi connectivity index (χ2v) is 10.1. The summed E-state index contributed by atoms with van der Waals surface area (Å²) in [6.45, 7) is 2.34. The van der Waals surface area contributed by atoms with E-state index in [1.165, 1.54) is 22.3 Å². The normalized spacial score (nSPS) is 33.9. The fourth-order valence-electron chi connectivity index (χ4n) is 6.24. The summed E-state index contributed by atoms with van der Waals surface area (Å²) in [5, 5.41) is 24.1. The molecule has 1 saturated carbocycles. The van der Waals surface area contributed by atoms with Crippen molar-refractivity contribution in [1.82, 2.24) is 10.3 Å². The maximum absolute atomic E-state index is 11.2. The Morgan fingerprint density at radius 1 is 1.16 bits per heavy atom. The zero-order chi connectivity index (χ0) is 22.7. The Morgan fingerprint density at radius 2 is 1.97 bits per heavy atom. The standard InChI is InChI=1S/C26H31NO2.C2H7N/c1-26-15-25(29)23-14-19-13-21(28)9-5-18(19)6-10-22(23)24(26)11-8-20(26)7-4-17-3-2-12-27-16-17;1-3-2/h2-4,7-8,12,14,16,18,21,24-25,28-29H,5-6,9-11,13,15H2,1H3;3H,1-2H3/b7-4+;. The highest BCUT2D eigenvalue weighted by Crippen LogP contribution is 2.57. The van der Waals surface area contributed by atoms with E-state index < -0.39 is 6.10 Å². The van der Waals surface area contributed by atoms with Crippen LogP contribution < -0.4 is 5.32 Å². The number of fused-ring (bicyclic) bond motifs is 3. The van der Waals surface area contributed by atoms with Gasteiger partial charge in [0, 0.05) is 17.8 Å². The van der Waals surface area contributed by atoms with Gasteiger partial charge in [-0.2, -0.15) is 0 Å². The number of aliphatic hydroxyl groups excluding tert-OH is 2. The second kappa shape index (κ2) is 9.86. The van der Waals surface area contributed by atoms with E-state index in [1.54, 1.807) is 6.20 Å². The highest BCUT2D eigenvalue weighted by molar-refractivity contribution is 5.55. The van der Waals surface area contributed by atoms with E-state index in [0.717, 1.165) is 50.5 Å². The molecule has 1 fully saturated rings. The molecule has 3 N–H and O–H groups in total. The fraction of sp³-hybridized carbons (Fsp3) is 0.536. The van der Waals surface area contributed by atoms with Crippen LogP contribution >= 0.6 is 0 Å². The van der Waals surface area contributed by atoms with Gasteiger partial charge in [-0.3, -0.25) is 4.98 Å². The first kappa shape index (κ1) is 23.2. The van der Waals surface area contributed by atoms with Gasteiger partial charge in [0.25, 0.3) is 0 Å². The molecule has 32 heavy (non-hydrogen) atoms. The van der Waals surface area contributed by atoms with Crippen LogP contribution in [0.3, 0.4) is 0 Å². The molecule has 4 nitrogen and oxygen atoms in total. The number of allylic oxidation sites excluding steroid dienone is 4. The summed E-state index contributed by atoms with van der Waals surface area (Å²) in [6.07, 6.45) is 19.0. The van der Waals surface area contributed by atoms with E-state index in [2.05, 4.69) is 47.6 Å². The average molecular weight is 435 g/mol. The molecule has 5 unspecified atom stereocenters. The van der Waals surface area contributed by atoms with E-state index in [-0.39, 0.29) is 11.5 Å². The van der Waals surface area contributed by atoms with Crippen molar-refractivity contribution in [3.63, 3.8) is 0 Å². The van der Waals surface area contributed by atoms with E-state index in [1.807, 2.05) is 26.4 Å². The van der Waals surface area contributed by atoms with Crippen LogP contribution in [0, 0.1) is 17.3 Å². The predicted octanol–water partition coefficient (Wildman–Crippen LogP) is 4.83. The number of hydrogen-bond donors (Lipinski definition) is 3. The lowest BCUT2D eigenvalue weighted by molar-refractivity contribution is 0.115. The third kappa shape index (κ3) is 4.54. The minimum absolute atomic E-state index is 0.00943. The summed E-state index contributed by atoms with van der Waals surface area (Å²) in [4.78, 5) is 4.20. The fourth-order valence-corrected chi connectivity index (χ4v) is 6.24. The molecule has 1 aromatic heterocycles. The molecule has 0 aliphatic heterocycles. The van der Waals surface area contributed by atoms with Crippen LogP contribution in [-0.4, -0.2) is 41.5 Å². The van der Waals surface area contributed by atoms with Crippen molar-refractivity contribution >= 4 is 6.08 Å². The summed E-state index contributed by atoms with van der Waals surface area (Å²) >= 11 is 0. The Balaban J connectivity index is 0.000000775. The smallest absolute Gasteiger partial charge is 0.0798 e. The first-order valence-electron chi connectivity index (χ1n) is 12.1. The van der Waals surface area contributed by atoms with Gasteiger partial charge in [-0.1, -0.05) is 48.4 Å². The SMILES string of the molecule is CC12CC(O)C3=C(CCC4CCC(O)CC4=C3)C1CC=C2/C=C/c1cccnc1.CNC. The molecule has 1 aromatic rings. The third-order valence-corrected chi connectivity index (χ3v) is 7.86. The molecular formula is C28H38N2O2. The molecule has 0 amide bonds. The maximum atomic E-state index is 11.2. The molecule has 1 heterocycles. The monoisotopic (exact) mass is 434 g/mol. The van der Waals surface area contributed by atoms with Gasteiger partial charge in [0.05, 0.1) is 12.2 Å². The van der Waals surface area contributed by atoms with Crippen LogP contribution in [0.5, 0.6) is 0 Å². The summed E-state index contributed by atoms with van der Waals surface area (Å²) in [5.41, 5.74) is 6.47. The van der Waals surface area contributed by atoms with Crippen LogP contribution in [0.4, 0.5) is 0 Å². The Bertz CT molecular complexity index is 930. The van der Waals surface area contributed by atoms with Crippen LogP contribution in [-0.2, 0) is 0 Å². The van der Waals surface area contributed by atoms with E-state index in [4.69, 9.17) is 0 Å². The summed E-state index contributed by atoms with van der Waals surface area (Å²) in [6, 6.07) is 4.03. The highest BCUT2D eigenvalue weighted by atomic mass is 16.3. The van der Waals surface area contributed by atoms with Gasteiger partial charge in [-0.15, -0.1) is 0 Å². The first-order chi connectivity index (χ1) is 15.5. The molecule has 4 aliphatic carbocycles. The molecule has 4 heteroatoms. The lowest BCUT2D eigenvalue weighted by Crippen LogP contribution is -2.37. The molecular weight excluding hydrogens is 396 g/mol. The molecule has 0 spiro atoms. The lowest BCUT2D eigenvalue weighted by Gasteiger charge is -2.43. The highest BCUT2D eigenvalue weighted by Gasteiger charge is 2.48. The largest absolute Gasteiger partial charge is 0.393 e. The maximum Gasteiger partial charge on any atom is 0.0798 e. The van der Waals surface area contributed by atoms with Gasteiger partial charge in [0.2, 0.25) is 0 Å². The lowest BCUT2D eigenvalue weighted by atomic mass is 9.62.